The van der Waals surface area contributed by atoms with E-state index in [-0.39, 0.29) is 36.7 Å². The van der Waals surface area contributed by atoms with E-state index < -0.39 is 12.7 Å². The fourth-order valence-corrected chi connectivity index (χ4v) is 9.79. The number of hydrazine groups is 1. The predicted molar refractivity (Wildman–Crippen MR) is 316 cm³/mol. The highest BCUT2D eigenvalue weighted by molar-refractivity contribution is 6.31. The number of anilines is 3. The third-order valence-corrected chi connectivity index (χ3v) is 14.3. The number of hydrogen-bond donors (Lipinski definition) is 5. The number of pyridine rings is 1. The normalized spacial score (nSPS) is 14.9. The van der Waals surface area contributed by atoms with Crippen LogP contribution in [0.5, 0.6) is 11.5 Å². The van der Waals surface area contributed by atoms with Crippen molar-refractivity contribution in [3.05, 3.63) is 108 Å². The number of nitrogens with two attached hydrogens (primary N) is 3. The lowest BCUT2D eigenvalue weighted by atomic mass is 9.90. The molecule has 8 N–H and O–H groups in total. The molecule has 22 heteroatoms. The molecule has 1 saturated carbocycles. The number of nitrogens with zero attached hydrogens (tertiary/aromatic N) is 7. The minimum Gasteiger partial charge on any atom is -0.497 e. The van der Waals surface area contributed by atoms with Gasteiger partial charge in [0, 0.05) is 57.4 Å². The Bertz CT molecular complexity index is 3060. The molecule has 3 heterocycles. The van der Waals surface area contributed by atoms with E-state index in [1.165, 1.54) is 28.8 Å². The first kappa shape index (κ1) is 62.0. The van der Waals surface area contributed by atoms with Crippen LogP contribution in [0.3, 0.4) is 0 Å². The molecule has 1 aliphatic carbocycles. The summed E-state index contributed by atoms with van der Waals surface area (Å²) in [5.41, 5.74) is 17.3. The predicted octanol–water partition coefficient (Wildman–Crippen LogP) is 10.7. The number of likely N-dealkylation sites (N-methyl/N-ethyl adjacent to an activating group) is 1. The van der Waals surface area contributed by atoms with Crippen LogP contribution in [0, 0.1) is 0 Å². The molecule has 0 radical (unpaired) electrons. The second kappa shape index (κ2) is 31.0. The van der Waals surface area contributed by atoms with Crippen LogP contribution in [-0.4, -0.2) is 146 Å². The van der Waals surface area contributed by atoms with Gasteiger partial charge in [-0.1, -0.05) is 44.4 Å². The molecule has 3 aromatic heterocycles. The average molecular weight is 1150 g/mol. The fourth-order valence-electron chi connectivity index (χ4n) is 9.62. The Morgan fingerprint density at radius 3 is 2.22 bits per heavy atom. The number of nitrogen functional groups attached to an aromatic ring is 1. The topological polar surface area (TPSA) is 215 Å². The summed E-state index contributed by atoms with van der Waals surface area (Å²) in [5.74, 6) is 7.65. The van der Waals surface area contributed by atoms with Gasteiger partial charge in [-0.15, -0.1) is 10.2 Å². The van der Waals surface area contributed by atoms with E-state index in [1.54, 1.807) is 43.6 Å². The highest BCUT2D eigenvalue weighted by Gasteiger charge is 2.32. The van der Waals surface area contributed by atoms with Crippen LogP contribution in [0.4, 0.5) is 30.2 Å². The molecular formula is C59H80ClF3N12O6. The Morgan fingerprint density at radius 1 is 0.815 bits per heavy atom. The third kappa shape index (κ3) is 19.0. The molecular weight excluding hydrogens is 1070 g/mol. The van der Waals surface area contributed by atoms with Crippen molar-refractivity contribution in [2.75, 3.05) is 110 Å². The number of alkyl halides is 3. The van der Waals surface area contributed by atoms with Crippen LogP contribution < -0.4 is 37.4 Å². The van der Waals surface area contributed by atoms with Crippen molar-refractivity contribution >= 4 is 61.4 Å². The van der Waals surface area contributed by atoms with E-state index in [9.17, 15) is 13.2 Å². The highest BCUT2D eigenvalue weighted by Crippen LogP contribution is 2.37. The van der Waals surface area contributed by atoms with Crippen molar-refractivity contribution < 1.29 is 41.3 Å². The molecule has 440 valence electrons. The standard InChI is InChI=1S/C45H69F3N10O5.C14H11ClN2O/c1-5-7-8-20-56(6-2)21-23-59-25-27-61-28-26-60-24-22-57(50)31-34(49)32-62-38-18-14-35(15-19-38)51-30-43-53-54-44(63-43)42-29-39-40(52-36-12-16-37(17-13-36)55(3)4)10-9-11-41(39)58(42)33-45(46,47)48;1-18-9-3-5-12-11(7-9)14(16)10-4-2-8(15)6-13(10)17-12/h9-11,14-15,18-19,29,31,36-37,51-52H,5-8,12-13,16-17,20-28,30,32-33,49-50H2,1-4H3;2-7H,1H3,(H2,16,17)/b34-31-;. The Kier molecular flexibility index (Phi) is 23.7. The number of aromatic nitrogens is 4. The zero-order valence-electron chi connectivity index (χ0n) is 47.3. The van der Waals surface area contributed by atoms with Crippen molar-refractivity contribution in [3.63, 3.8) is 0 Å². The minimum absolute atomic E-state index is 0.00646. The summed E-state index contributed by atoms with van der Waals surface area (Å²) < 4.78 is 76.8. The molecule has 18 nitrogen and oxygen atoms in total. The van der Waals surface area contributed by atoms with Gasteiger partial charge < -0.3 is 69.6 Å². The van der Waals surface area contributed by atoms with Gasteiger partial charge in [0.25, 0.3) is 5.89 Å². The summed E-state index contributed by atoms with van der Waals surface area (Å²) in [7, 11) is 5.82. The van der Waals surface area contributed by atoms with Crippen LogP contribution in [0.25, 0.3) is 44.3 Å². The molecule has 0 atom stereocenters. The summed E-state index contributed by atoms with van der Waals surface area (Å²) in [6.07, 6.45) is 4.95. The molecule has 0 aliphatic heterocycles. The van der Waals surface area contributed by atoms with E-state index in [0.29, 0.717) is 85.3 Å². The first-order valence-corrected chi connectivity index (χ1v) is 28.2. The van der Waals surface area contributed by atoms with E-state index in [0.717, 1.165) is 84.2 Å². The largest absolute Gasteiger partial charge is 0.497 e. The monoisotopic (exact) mass is 1140 g/mol. The number of unbranched alkanes of at least 4 members (excludes halogenated alkanes) is 2. The van der Waals surface area contributed by atoms with Crippen LogP contribution in [0.2, 0.25) is 5.02 Å². The first-order chi connectivity index (χ1) is 39.1. The molecule has 7 aromatic rings. The lowest BCUT2D eigenvalue weighted by Gasteiger charge is -2.33. The number of benzene rings is 4. The van der Waals surface area contributed by atoms with Gasteiger partial charge in [0.15, 0.2) is 0 Å². The quantitative estimate of drug-likeness (QED) is 0.0123. The number of ether oxygens (including phenoxy) is 5. The zero-order valence-corrected chi connectivity index (χ0v) is 48.0. The maximum Gasteiger partial charge on any atom is 0.406 e. The third-order valence-electron chi connectivity index (χ3n) is 14.1. The molecule has 0 unspecified atom stereocenters. The van der Waals surface area contributed by atoms with Crippen molar-refractivity contribution in [1.29, 1.82) is 0 Å². The van der Waals surface area contributed by atoms with Gasteiger partial charge in [0.1, 0.15) is 30.3 Å². The maximum atomic E-state index is 13.9. The Hall–Kier alpha value is -6.59. The molecule has 0 bridgehead atoms. The lowest BCUT2D eigenvalue weighted by Crippen LogP contribution is -2.36. The maximum absolute atomic E-state index is 13.9. The lowest BCUT2D eigenvalue weighted by molar-refractivity contribution is -0.139. The molecule has 4 aromatic carbocycles. The number of nitrogens with one attached hydrogen (secondary N) is 2. The molecule has 8 rings (SSSR count). The molecule has 1 aliphatic rings. The first-order valence-electron chi connectivity index (χ1n) is 27.8. The van der Waals surface area contributed by atoms with Crippen LogP contribution in [0.15, 0.2) is 101 Å². The Morgan fingerprint density at radius 2 is 1.53 bits per heavy atom. The van der Waals surface area contributed by atoms with Crippen molar-refractivity contribution in [1.82, 2.24) is 34.6 Å². The van der Waals surface area contributed by atoms with E-state index in [4.69, 9.17) is 57.0 Å². The molecule has 81 heavy (non-hydrogen) atoms. The summed E-state index contributed by atoms with van der Waals surface area (Å²) in [6, 6.07) is 26.2. The van der Waals surface area contributed by atoms with Gasteiger partial charge in [-0.05, 0) is 138 Å². The number of fused-ring (bicyclic) bond motifs is 3. The van der Waals surface area contributed by atoms with E-state index in [1.807, 2.05) is 54.6 Å². The van der Waals surface area contributed by atoms with Gasteiger partial charge in [0.2, 0.25) is 5.89 Å². The fraction of sp³-hybridized carbons (Fsp3) is 0.475. The SMILES string of the molecule is CCCCCN(CC)CCOCCOCCOCCN(N)/C=C(\N)COc1ccc(NCc2nnc(-c3cc4c(NC5CCC(N(C)C)CC5)cccc4n3CC(F)(F)F)o2)cc1.COc1ccc2nc3cc(Cl)ccc3c(N)c2c1. The summed E-state index contributed by atoms with van der Waals surface area (Å²) >= 11 is 5.97. The number of rotatable bonds is 30. The average Bonchev–Trinajstić information content (AvgIpc) is 4.34. The summed E-state index contributed by atoms with van der Waals surface area (Å²) in [4.78, 5) is 9.22. The highest BCUT2D eigenvalue weighted by atomic mass is 35.5. The second-order valence-corrected chi connectivity index (χ2v) is 20.7. The smallest absolute Gasteiger partial charge is 0.406 e. The zero-order chi connectivity index (χ0) is 57.7. The van der Waals surface area contributed by atoms with Crippen LogP contribution in [0.1, 0.15) is 64.7 Å². The Labute approximate surface area is 477 Å². The Balaban J connectivity index is 0.000000439. The molecule has 0 spiro atoms. The van der Waals surface area contributed by atoms with Crippen molar-refractivity contribution in [2.45, 2.75) is 90.1 Å². The van der Waals surface area contributed by atoms with Crippen molar-refractivity contribution in [2.24, 2.45) is 11.6 Å². The van der Waals surface area contributed by atoms with Crippen LogP contribution in [-0.2, 0) is 27.3 Å². The van der Waals surface area contributed by atoms with Gasteiger partial charge >= 0.3 is 6.18 Å². The number of methoxy groups -OCH3 is 1. The molecule has 1 fully saturated rings. The van der Waals surface area contributed by atoms with Crippen LogP contribution >= 0.6 is 11.6 Å². The van der Waals surface area contributed by atoms with Crippen molar-refractivity contribution in [3.8, 4) is 23.1 Å². The molecule has 0 saturated heterocycles. The second-order valence-electron chi connectivity index (χ2n) is 20.2. The summed E-state index contributed by atoms with van der Waals surface area (Å²) in [6.45, 7) is 10.2. The molecule has 0 amide bonds. The van der Waals surface area contributed by atoms with Gasteiger partial charge in [-0.3, -0.25) is 0 Å². The van der Waals surface area contributed by atoms with Gasteiger partial charge in [-0.25, -0.2) is 10.8 Å². The minimum atomic E-state index is -4.46. The number of hydrogen-bond acceptors (Lipinski definition) is 17. The summed E-state index contributed by atoms with van der Waals surface area (Å²) in [5, 5.41) is 19.7. The number of halogens is 4. The van der Waals surface area contributed by atoms with E-state index in [2.05, 4.69) is 63.6 Å². The van der Waals surface area contributed by atoms with E-state index >= 15 is 0 Å². The van der Waals surface area contributed by atoms with Gasteiger partial charge in [0.05, 0.1) is 87.8 Å². The van der Waals surface area contributed by atoms with Gasteiger partial charge in [-0.2, -0.15) is 13.2 Å².